The summed E-state index contributed by atoms with van der Waals surface area (Å²) in [5.41, 5.74) is 0.944. The topological polar surface area (TPSA) is 114 Å². The normalized spacial score (nSPS) is 13.5. The van der Waals surface area contributed by atoms with Crippen molar-refractivity contribution in [1.82, 2.24) is 15.5 Å². The number of carbonyl (C=O) groups is 2. The molecule has 3 aromatic rings. The Balaban J connectivity index is 1.84. The molecule has 8 nitrogen and oxygen atoms in total. The van der Waals surface area contributed by atoms with E-state index in [1.54, 1.807) is 25.1 Å². The van der Waals surface area contributed by atoms with E-state index in [0.29, 0.717) is 35.1 Å². The average Bonchev–Trinajstić information content (AvgIpc) is 3.34. The minimum absolute atomic E-state index is 0.161. The van der Waals surface area contributed by atoms with E-state index in [-0.39, 0.29) is 31.0 Å². The van der Waals surface area contributed by atoms with Gasteiger partial charge in [0, 0.05) is 36.4 Å². The Labute approximate surface area is 220 Å². The fourth-order valence-corrected chi connectivity index (χ4v) is 4.24. The highest BCUT2D eigenvalue weighted by Gasteiger charge is 2.36. The van der Waals surface area contributed by atoms with Crippen LogP contribution < -0.4 is 10.1 Å². The van der Waals surface area contributed by atoms with Gasteiger partial charge in [-0.05, 0) is 62.4 Å². The van der Waals surface area contributed by atoms with Crippen molar-refractivity contribution < 1.29 is 28.6 Å². The summed E-state index contributed by atoms with van der Waals surface area (Å²) in [6.45, 7) is 4.12. The van der Waals surface area contributed by atoms with Gasteiger partial charge >= 0.3 is 5.97 Å². The molecule has 0 unspecified atom stereocenters. The van der Waals surface area contributed by atoms with Crippen LogP contribution in [0.25, 0.3) is 11.1 Å². The zero-order valence-corrected chi connectivity index (χ0v) is 21.8. The van der Waals surface area contributed by atoms with Crippen molar-refractivity contribution in [3.8, 4) is 17.0 Å². The molecule has 10 heteroatoms. The fraction of sp³-hybridized carbons (Fsp3) is 0.370. The standard InChI is InChI=1S/C27H31ClFN3O5/c1-4-37-24-15-23(31-32-24)25(33)30-20(16-27(2,26(34)35)11-12-36-3)13-17-5-7-18(8-6-17)21-14-19(28)9-10-22(21)29/h5-10,14-15,20H,4,11-13,16H2,1-3H3,(H,30,33)(H,31,32)(H,34,35)/t20-,27-/m1/s1. The number of benzene rings is 2. The molecule has 3 N–H and O–H groups in total. The third-order valence-corrected chi connectivity index (χ3v) is 6.41. The van der Waals surface area contributed by atoms with Crippen LogP contribution in [0, 0.1) is 11.2 Å². The zero-order chi connectivity index (χ0) is 27.0. The molecule has 2 atom stereocenters. The second-order valence-corrected chi connectivity index (χ2v) is 9.50. The summed E-state index contributed by atoms with van der Waals surface area (Å²) in [5.74, 6) is -1.50. The number of carboxylic acid groups (broad SMARTS) is 1. The molecule has 1 heterocycles. The second kappa shape index (κ2) is 12.7. The minimum Gasteiger partial charge on any atom is -0.481 e. The molecule has 1 aromatic heterocycles. The Kier molecular flexibility index (Phi) is 9.66. The number of amides is 1. The van der Waals surface area contributed by atoms with E-state index in [9.17, 15) is 19.1 Å². The maximum absolute atomic E-state index is 14.3. The first kappa shape index (κ1) is 28.1. The summed E-state index contributed by atoms with van der Waals surface area (Å²) in [6.07, 6.45) is 0.789. The number of H-pyrrole nitrogens is 1. The van der Waals surface area contributed by atoms with Crippen LogP contribution in [0.3, 0.4) is 0 Å². The lowest BCUT2D eigenvalue weighted by Crippen LogP contribution is -2.43. The van der Waals surface area contributed by atoms with Crippen LogP contribution in [0.4, 0.5) is 4.39 Å². The van der Waals surface area contributed by atoms with Gasteiger partial charge in [-0.25, -0.2) is 4.39 Å². The van der Waals surface area contributed by atoms with E-state index in [4.69, 9.17) is 21.1 Å². The molecule has 0 saturated heterocycles. The number of methoxy groups -OCH3 is 1. The first-order valence-electron chi connectivity index (χ1n) is 11.9. The number of nitrogens with zero attached hydrogens (tertiary/aromatic N) is 1. The van der Waals surface area contributed by atoms with Crippen molar-refractivity contribution in [2.75, 3.05) is 20.3 Å². The van der Waals surface area contributed by atoms with Crippen molar-refractivity contribution in [3.05, 3.63) is 70.6 Å². The molecule has 1 amide bonds. The van der Waals surface area contributed by atoms with Gasteiger partial charge in [0.2, 0.25) is 5.88 Å². The van der Waals surface area contributed by atoms with E-state index in [0.717, 1.165) is 5.56 Å². The Hall–Kier alpha value is -3.43. The Morgan fingerprint density at radius 1 is 1.22 bits per heavy atom. The Morgan fingerprint density at radius 3 is 2.59 bits per heavy atom. The van der Waals surface area contributed by atoms with Gasteiger partial charge < -0.3 is 19.9 Å². The molecule has 0 aliphatic heterocycles. The van der Waals surface area contributed by atoms with E-state index >= 15 is 0 Å². The van der Waals surface area contributed by atoms with Crippen LogP contribution in [0.15, 0.2) is 48.5 Å². The third-order valence-electron chi connectivity index (χ3n) is 6.17. The Morgan fingerprint density at radius 2 is 1.95 bits per heavy atom. The number of aliphatic carboxylic acids is 1. The van der Waals surface area contributed by atoms with Gasteiger partial charge in [0.1, 0.15) is 11.5 Å². The highest BCUT2D eigenvalue weighted by atomic mass is 35.5. The number of rotatable bonds is 13. The molecule has 0 fully saturated rings. The molecule has 0 spiro atoms. The predicted molar refractivity (Wildman–Crippen MR) is 138 cm³/mol. The van der Waals surface area contributed by atoms with E-state index < -0.39 is 23.3 Å². The number of carbonyl (C=O) groups excluding carboxylic acids is 1. The molecule has 0 bridgehead atoms. The molecular formula is C27H31ClFN3O5. The van der Waals surface area contributed by atoms with Crippen LogP contribution in [0.5, 0.6) is 5.88 Å². The van der Waals surface area contributed by atoms with Gasteiger partial charge in [-0.3, -0.25) is 14.7 Å². The van der Waals surface area contributed by atoms with Crippen molar-refractivity contribution in [2.45, 2.75) is 39.2 Å². The lowest BCUT2D eigenvalue weighted by molar-refractivity contribution is -0.149. The molecule has 0 radical (unpaired) electrons. The summed E-state index contributed by atoms with van der Waals surface area (Å²) in [7, 11) is 1.51. The lowest BCUT2D eigenvalue weighted by atomic mass is 9.79. The van der Waals surface area contributed by atoms with Gasteiger partial charge in [0.15, 0.2) is 0 Å². The lowest BCUT2D eigenvalue weighted by Gasteiger charge is -2.30. The van der Waals surface area contributed by atoms with Gasteiger partial charge in [-0.2, -0.15) is 0 Å². The van der Waals surface area contributed by atoms with E-state index in [1.807, 2.05) is 19.1 Å². The van der Waals surface area contributed by atoms with E-state index in [1.165, 1.54) is 25.3 Å². The van der Waals surface area contributed by atoms with Crippen LogP contribution in [0.2, 0.25) is 5.02 Å². The molecule has 2 aromatic carbocycles. The quantitative estimate of drug-likeness (QED) is 0.282. The molecule has 3 rings (SSSR count). The summed E-state index contributed by atoms with van der Waals surface area (Å²) in [5, 5.41) is 19.9. The number of carboxylic acids is 1. The van der Waals surface area contributed by atoms with Gasteiger partial charge in [-0.1, -0.05) is 35.9 Å². The SMILES string of the molecule is CCOc1cc(C(=O)N[C@H](Cc2ccc(-c3cc(Cl)ccc3F)cc2)C[C@@](C)(CCOC)C(=O)O)[nH]n1. The number of ether oxygens (including phenoxy) is 2. The highest BCUT2D eigenvalue weighted by molar-refractivity contribution is 6.30. The number of aromatic amines is 1. The van der Waals surface area contributed by atoms with Crippen molar-refractivity contribution in [2.24, 2.45) is 5.41 Å². The van der Waals surface area contributed by atoms with Crippen LogP contribution in [-0.2, 0) is 16.0 Å². The molecule has 37 heavy (non-hydrogen) atoms. The fourth-order valence-electron chi connectivity index (χ4n) is 4.07. The maximum Gasteiger partial charge on any atom is 0.309 e. The number of nitrogens with one attached hydrogen (secondary N) is 2. The summed E-state index contributed by atoms with van der Waals surface area (Å²) in [6, 6.07) is 12.5. The van der Waals surface area contributed by atoms with Crippen molar-refractivity contribution in [3.63, 3.8) is 0 Å². The highest BCUT2D eigenvalue weighted by Crippen LogP contribution is 2.31. The van der Waals surface area contributed by atoms with E-state index in [2.05, 4.69) is 15.5 Å². The number of hydrogen-bond donors (Lipinski definition) is 3. The molecule has 0 aliphatic rings. The van der Waals surface area contributed by atoms with Crippen LogP contribution in [-0.4, -0.2) is 53.5 Å². The zero-order valence-electron chi connectivity index (χ0n) is 21.0. The van der Waals surface area contributed by atoms with Crippen molar-refractivity contribution >= 4 is 23.5 Å². The van der Waals surface area contributed by atoms with Gasteiger partial charge in [0.05, 0.1) is 12.0 Å². The maximum atomic E-state index is 14.3. The van der Waals surface area contributed by atoms with Crippen molar-refractivity contribution in [1.29, 1.82) is 0 Å². The second-order valence-electron chi connectivity index (χ2n) is 9.06. The molecule has 0 aliphatic carbocycles. The smallest absolute Gasteiger partial charge is 0.309 e. The predicted octanol–water partition coefficient (Wildman–Crippen LogP) is 5.13. The molecule has 0 saturated carbocycles. The third kappa shape index (κ3) is 7.53. The van der Waals surface area contributed by atoms with Gasteiger partial charge in [-0.15, -0.1) is 5.10 Å². The average molecular weight is 532 g/mol. The first-order chi connectivity index (χ1) is 17.6. The monoisotopic (exact) mass is 531 g/mol. The molecule has 198 valence electrons. The summed E-state index contributed by atoms with van der Waals surface area (Å²) < 4.78 is 24.7. The van der Waals surface area contributed by atoms with Crippen LogP contribution >= 0.6 is 11.6 Å². The minimum atomic E-state index is -1.14. The summed E-state index contributed by atoms with van der Waals surface area (Å²) >= 11 is 6.03. The largest absolute Gasteiger partial charge is 0.481 e. The van der Waals surface area contributed by atoms with Crippen LogP contribution in [0.1, 0.15) is 42.7 Å². The first-order valence-corrected chi connectivity index (χ1v) is 12.3. The summed E-state index contributed by atoms with van der Waals surface area (Å²) in [4.78, 5) is 25.1. The molecular weight excluding hydrogens is 501 g/mol. The van der Waals surface area contributed by atoms with Gasteiger partial charge in [0.25, 0.3) is 5.91 Å². The number of aromatic nitrogens is 2. The number of halogens is 2. The Bertz CT molecular complexity index is 1220. The number of hydrogen-bond acceptors (Lipinski definition) is 5.